The number of unbranched alkanes of at least 4 members (excludes halogenated alkanes) is 15. The van der Waals surface area contributed by atoms with Crippen molar-refractivity contribution in [2.75, 3.05) is 6.54 Å². The Kier molecular flexibility index (Phi) is 18.4. The zero-order valence-electron chi connectivity index (χ0n) is 19.0. The molecule has 1 saturated carbocycles. The van der Waals surface area contributed by atoms with Crippen LogP contribution in [0.1, 0.15) is 142 Å². The van der Waals surface area contributed by atoms with Crippen molar-refractivity contribution in [1.82, 2.24) is 10.6 Å². The topological polar surface area (TPSA) is 24.1 Å². The van der Waals surface area contributed by atoms with Gasteiger partial charge in [0.15, 0.2) is 5.11 Å². The summed E-state index contributed by atoms with van der Waals surface area (Å²) >= 11 is 5.42. The highest BCUT2D eigenvalue weighted by atomic mass is 32.1. The summed E-state index contributed by atoms with van der Waals surface area (Å²) < 4.78 is 0. The lowest BCUT2D eigenvalue weighted by atomic mass is 9.96. The Morgan fingerprint density at radius 1 is 0.643 bits per heavy atom. The van der Waals surface area contributed by atoms with Crippen LogP contribution in [0.15, 0.2) is 0 Å². The molecule has 1 fully saturated rings. The minimum atomic E-state index is 0.625. The third-order valence-electron chi connectivity index (χ3n) is 6.26. The van der Waals surface area contributed by atoms with Crippen molar-refractivity contribution in [2.24, 2.45) is 0 Å². The molecule has 0 aliphatic heterocycles. The summed E-state index contributed by atoms with van der Waals surface area (Å²) in [6, 6.07) is 0.625. The van der Waals surface area contributed by atoms with E-state index in [4.69, 9.17) is 12.2 Å². The van der Waals surface area contributed by atoms with Gasteiger partial charge in [-0.15, -0.1) is 0 Å². The van der Waals surface area contributed by atoms with Gasteiger partial charge in [-0.1, -0.05) is 122 Å². The van der Waals surface area contributed by atoms with Gasteiger partial charge in [-0.2, -0.15) is 0 Å². The van der Waals surface area contributed by atoms with E-state index in [0.717, 1.165) is 11.7 Å². The summed E-state index contributed by atoms with van der Waals surface area (Å²) in [5.41, 5.74) is 0. The predicted octanol–water partition coefficient (Wildman–Crippen LogP) is 8.04. The molecule has 2 N–H and O–H groups in total. The summed E-state index contributed by atoms with van der Waals surface area (Å²) in [6.07, 6.45) is 29.5. The van der Waals surface area contributed by atoms with Crippen LogP contribution in [-0.4, -0.2) is 17.7 Å². The fraction of sp³-hybridized carbons (Fsp3) is 0.960. The van der Waals surface area contributed by atoms with Crippen molar-refractivity contribution in [3.8, 4) is 0 Å². The third-order valence-corrected chi connectivity index (χ3v) is 6.52. The SMILES string of the molecule is CCCCCCCCCCCCCCCCCCNC(=S)NC1CCCCC1. The van der Waals surface area contributed by atoms with Crippen LogP contribution < -0.4 is 10.6 Å². The first-order chi connectivity index (χ1) is 13.8. The Balaban J connectivity index is 1.71. The molecule has 166 valence electrons. The van der Waals surface area contributed by atoms with E-state index in [1.165, 1.54) is 135 Å². The Morgan fingerprint density at radius 2 is 1.07 bits per heavy atom. The molecule has 0 unspecified atom stereocenters. The Hall–Kier alpha value is -0.310. The lowest BCUT2D eigenvalue weighted by Gasteiger charge is -2.24. The summed E-state index contributed by atoms with van der Waals surface area (Å²) in [7, 11) is 0. The monoisotopic (exact) mass is 410 g/mol. The minimum Gasteiger partial charge on any atom is -0.363 e. The van der Waals surface area contributed by atoms with Crippen LogP contribution >= 0.6 is 12.2 Å². The van der Waals surface area contributed by atoms with E-state index in [-0.39, 0.29) is 0 Å². The second-order valence-electron chi connectivity index (χ2n) is 9.04. The molecule has 0 aromatic heterocycles. The van der Waals surface area contributed by atoms with Gasteiger partial charge in [0.25, 0.3) is 0 Å². The number of hydrogen-bond acceptors (Lipinski definition) is 1. The molecular weight excluding hydrogens is 360 g/mol. The van der Waals surface area contributed by atoms with Crippen molar-refractivity contribution in [1.29, 1.82) is 0 Å². The van der Waals surface area contributed by atoms with E-state index in [0.29, 0.717) is 6.04 Å². The first kappa shape index (κ1) is 25.7. The van der Waals surface area contributed by atoms with Crippen molar-refractivity contribution >= 4 is 17.3 Å². The van der Waals surface area contributed by atoms with E-state index in [9.17, 15) is 0 Å². The molecule has 28 heavy (non-hydrogen) atoms. The van der Waals surface area contributed by atoms with Crippen LogP contribution in [0.3, 0.4) is 0 Å². The highest BCUT2D eigenvalue weighted by Crippen LogP contribution is 2.17. The maximum atomic E-state index is 5.42. The van der Waals surface area contributed by atoms with Crippen molar-refractivity contribution in [3.63, 3.8) is 0 Å². The number of nitrogens with one attached hydrogen (secondary N) is 2. The van der Waals surface area contributed by atoms with Crippen LogP contribution in [0.5, 0.6) is 0 Å². The standard InChI is InChI=1S/C25H50N2S/c1-2-3-4-5-6-7-8-9-10-11-12-13-14-15-16-20-23-26-25(28)27-24-21-18-17-19-22-24/h24H,2-23H2,1H3,(H2,26,27,28). The quantitative estimate of drug-likeness (QED) is 0.176. The number of rotatable bonds is 18. The van der Waals surface area contributed by atoms with E-state index >= 15 is 0 Å². The Bertz CT molecular complexity index is 339. The van der Waals surface area contributed by atoms with Gasteiger partial charge in [0.1, 0.15) is 0 Å². The van der Waals surface area contributed by atoms with E-state index < -0.39 is 0 Å². The molecule has 0 bridgehead atoms. The van der Waals surface area contributed by atoms with Gasteiger partial charge in [-0.3, -0.25) is 0 Å². The van der Waals surface area contributed by atoms with Crippen molar-refractivity contribution in [3.05, 3.63) is 0 Å². The lowest BCUT2D eigenvalue weighted by Crippen LogP contribution is -2.42. The first-order valence-corrected chi connectivity index (χ1v) is 13.3. The lowest BCUT2D eigenvalue weighted by molar-refractivity contribution is 0.412. The van der Waals surface area contributed by atoms with Crippen LogP contribution in [0.25, 0.3) is 0 Å². The molecule has 0 aromatic carbocycles. The molecule has 3 heteroatoms. The summed E-state index contributed by atoms with van der Waals surface area (Å²) in [6.45, 7) is 3.33. The van der Waals surface area contributed by atoms with E-state index in [2.05, 4.69) is 17.6 Å². The van der Waals surface area contributed by atoms with Gasteiger partial charge < -0.3 is 10.6 Å². The number of hydrogen-bond donors (Lipinski definition) is 2. The van der Waals surface area contributed by atoms with Crippen LogP contribution in [-0.2, 0) is 0 Å². The molecule has 0 atom stereocenters. The fourth-order valence-electron chi connectivity index (χ4n) is 4.36. The Morgan fingerprint density at radius 3 is 1.54 bits per heavy atom. The van der Waals surface area contributed by atoms with E-state index in [1.807, 2.05) is 0 Å². The molecule has 0 saturated heterocycles. The molecular formula is C25H50N2S. The van der Waals surface area contributed by atoms with Gasteiger partial charge in [0, 0.05) is 12.6 Å². The highest BCUT2D eigenvalue weighted by Gasteiger charge is 2.13. The van der Waals surface area contributed by atoms with Gasteiger partial charge in [0.2, 0.25) is 0 Å². The summed E-state index contributed by atoms with van der Waals surface area (Å²) in [5, 5.41) is 7.78. The summed E-state index contributed by atoms with van der Waals surface area (Å²) in [4.78, 5) is 0. The highest BCUT2D eigenvalue weighted by molar-refractivity contribution is 7.80. The predicted molar refractivity (Wildman–Crippen MR) is 130 cm³/mol. The van der Waals surface area contributed by atoms with Crippen LogP contribution in [0.2, 0.25) is 0 Å². The second kappa shape index (κ2) is 20.0. The van der Waals surface area contributed by atoms with Gasteiger partial charge >= 0.3 is 0 Å². The van der Waals surface area contributed by atoms with Crippen molar-refractivity contribution in [2.45, 2.75) is 148 Å². The average molecular weight is 411 g/mol. The zero-order valence-corrected chi connectivity index (χ0v) is 19.9. The molecule has 1 aliphatic carbocycles. The molecule has 1 aliphatic rings. The van der Waals surface area contributed by atoms with Gasteiger partial charge in [-0.25, -0.2) is 0 Å². The molecule has 0 aromatic rings. The van der Waals surface area contributed by atoms with Gasteiger partial charge in [-0.05, 0) is 31.5 Å². The molecule has 0 radical (unpaired) electrons. The smallest absolute Gasteiger partial charge is 0.166 e. The summed E-state index contributed by atoms with van der Waals surface area (Å²) in [5.74, 6) is 0. The van der Waals surface area contributed by atoms with Crippen LogP contribution in [0.4, 0.5) is 0 Å². The Labute approximate surface area is 182 Å². The average Bonchev–Trinajstić information content (AvgIpc) is 2.71. The normalized spacial score (nSPS) is 14.9. The van der Waals surface area contributed by atoms with E-state index in [1.54, 1.807) is 0 Å². The van der Waals surface area contributed by atoms with Gasteiger partial charge in [0.05, 0.1) is 0 Å². The third kappa shape index (κ3) is 16.6. The van der Waals surface area contributed by atoms with Crippen molar-refractivity contribution < 1.29 is 0 Å². The second-order valence-corrected chi connectivity index (χ2v) is 9.45. The van der Waals surface area contributed by atoms with Crippen LogP contribution in [0, 0.1) is 0 Å². The maximum Gasteiger partial charge on any atom is 0.166 e. The molecule has 0 spiro atoms. The molecule has 0 amide bonds. The minimum absolute atomic E-state index is 0.625. The first-order valence-electron chi connectivity index (χ1n) is 12.9. The maximum absolute atomic E-state index is 5.42. The number of thiocarbonyl (C=S) groups is 1. The largest absolute Gasteiger partial charge is 0.363 e. The molecule has 1 rings (SSSR count). The molecule has 0 heterocycles. The molecule has 2 nitrogen and oxygen atoms in total. The fourth-order valence-corrected chi connectivity index (χ4v) is 4.63. The zero-order chi connectivity index (χ0) is 20.1.